The van der Waals surface area contributed by atoms with Gasteiger partial charge in [-0.2, -0.15) is 0 Å². The van der Waals surface area contributed by atoms with Gasteiger partial charge in [-0.15, -0.1) is 0 Å². The van der Waals surface area contributed by atoms with Crippen LogP contribution in [0.5, 0.6) is 11.5 Å². The second-order valence-corrected chi connectivity index (χ2v) is 8.03. The summed E-state index contributed by atoms with van der Waals surface area (Å²) in [5, 5.41) is 0. The molecule has 2 aliphatic rings. The lowest BCUT2D eigenvalue weighted by molar-refractivity contribution is -0.314. The van der Waals surface area contributed by atoms with Crippen LogP contribution < -0.4 is 9.47 Å². The van der Waals surface area contributed by atoms with Gasteiger partial charge < -0.3 is 28.4 Å². The highest BCUT2D eigenvalue weighted by Gasteiger charge is 2.42. The Morgan fingerprint density at radius 2 is 1.00 bits per heavy atom. The van der Waals surface area contributed by atoms with Gasteiger partial charge in [-0.05, 0) is 24.3 Å². The van der Waals surface area contributed by atoms with E-state index in [0.29, 0.717) is 13.2 Å². The zero-order valence-electron chi connectivity index (χ0n) is 17.9. The molecule has 0 aromatic heterocycles. The van der Waals surface area contributed by atoms with Gasteiger partial charge in [-0.25, -0.2) is 0 Å². The lowest BCUT2D eigenvalue weighted by Gasteiger charge is -2.44. The molecule has 2 fully saturated rings. The van der Waals surface area contributed by atoms with Crippen molar-refractivity contribution in [2.24, 2.45) is 11.8 Å². The van der Waals surface area contributed by atoms with Crippen LogP contribution in [0.1, 0.15) is 37.6 Å². The molecule has 2 aromatic carbocycles. The first-order valence-corrected chi connectivity index (χ1v) is 10.4. The van der Waals surface area contributed by atoms with E-state index in [1.807, 2.05) is 48.5 Å². The van der Waals surface area contributed by atoms with Crippen molar-refractivity contribution in [2.75, 3.05) is 27.4 Å². The maximum Gasteiger partial charge on any atom is 0.184 e. The van der Waals surface area contributed by atoms with Crippen molar-refractivity contribution in [1.29, 1.82) is 0 Å². The molecule has 6 atom stereocenters. The smallest absolute Gasteiger partial charge is 0.184 e. The molecule has 162 valence electrons. The molecule has 0 aliphatic carbocycles. The van der Waals surface area contributed by atoms with Gasteiger partial charge in [0.1, 0.15) is 11.5 Å². The fourth-order valence-electron chi connectivity index (χ4n) is 3.97. The van der Waals surface area contributed by atoms with Crippen molar-refractivity contribution in [2.45, 2.75) is 38.6 Å². The fourth-order valence-corrected chi connectivity index (χ4v) is 3.97. The van der Waals surface area contributed by atoms with Gasteiger partial charge >= 0.3 is 0 Å². The van der Waals surface area contributed by atoms with Crippen LogP contribution in [0.2, 0.25) is 0 Å². The van der Waals surface area contributed by atoms with Crippen LogP contribution in [-0.4, -0.2) is 39.6 Å². The number of ether oxygens (including phenoxy) is 6. The Morgan fingerprint density at radius 3 is 1.33 bits per heavy atom. The van der Waals surface area contributed by atoms with Gasteiger partial charge in [0.15, 0.2) is 12.6 Å². The highest BCUT2D eigenvalue weighted by atomic mass is 16.7. The van der Waals surface area contributed by atoms with Crippen molar-refractivity contribution < 1.29 is 28.4 Å². The van der Waals surface area contributed by atoms with Crippen molar-refractivity contribution in [3.63, 3.8) is 0 Å². The molecule has 0 unspecified atom stereocenters. The highest BCUT2D eigenvalue weighted by Crippen LogP contribution is 2.38. The molecule has 2 saturated heterocycles. The topological polar surface area (TPSA) is 55.4 Å². The molecule has 6 nitrogen and oxygen atoms in total. The molecule has 0 spiro atoms. The molecular formula is C24H30O6. The molecule has 0 bridgehead atoms. The van der Waals surface area contributed by atoms with E-state index >= 15 is 0 Å². The molecule has 0 amide bonds. The van der Waals surface area contributed by atoms with Crippen LogP contribution >= 0.6 is 0 Å². The van der Waals surface area contributed by atoms with E-state index in [1.165, 1.54) is 0 Å². The minimum absolute atomic E-state index is 0.0921. The van der Waals surface area contributed by atoms with Gasteiger partial charge in [-0.3, -0.25) is 0 Å². The number of hydrogen-bond acceptors (Lipinski definition) is 6. The van der Waals surface area contributed by atoms with Crippen LogP contribution in [0, 0.1) is 11.8 Å². The molecule has 2 heterocycles. The van der Waals surface area contributed by atoms with E-state index in [-0.39, 0.29) is 24.0 Å². The largest absolute Gasteiger partial charge is 0.497 e. The van der Waals surface area contributed by atoms with Crippen LogP contribution in [0.3, 0.4) is 0 Å². The summed E-state index contributed by atoms with van der Waals surface area (Å²) in [6.07, 6.45) is -1.03. The van der Waals surface area contributed by atoms with Crippen LogP contribution in [0.4, 0.5) is 0 Å². The number of methoxy groups -OCH3 is 2. The van der Waals surface area contributed by atoms with Crippen molar-refractivity contribution >= 4 is 0 Å². The molecule has 2 aromatic rings. The lowest BCUT2D eigenvalue weighted by atomic mass is 9.90. The minimum Gasteiger partial charge on any atom is -0.497 e. The van der Waals surface area contributed by atoms with Gasteiger partial charge in [0, 0.05) is 23.0 Å². The standard InChI is InChI=1S/C24H30O6/c1-15-13-27-23(17-5-9-19(25-3)10-6-17)29-21(15)22-16(2)14-28-24(30-22)18-7-11-20(26-4)12-8-18/h5-12,15-16,21-24H,13-14H2,1-4H3/t15-,16-,21-,22-,23-,24-/m0/s1. The first-order chi connectivity index (χ1) is 14.6. The van der Waals surface area contributed by atoms with E-state index in [0.717, 1.165) is 22.6 Å². The maximum absolute atomic E-state index is 6.43. The summed E-state index contributed by atoms with van der Waals surface area (Å²) in [7, 11) is 3.31. The van der Waals surface area contributed by atoms with Gasteiger partial charge in [0.05, 0.1) is 39.6 Å². The maximum atomic E-state index is 6.43. The summed E-state index contributed by atoms with van der Waals surface area (Å²) in [6, 6.07) is 15.6. The average Bonchev–Trinajstić information content (AvgIpc) is 2.80. The third kappa shape index (κ3) is 4.47. The Morgan fingerprint density at radius 1 is 0.633 bits per heavy atom. The Kier molecular flexibility index (Phi) is 6.58. The minimum atomic E-state index is -0.421. The summed E-state index contributed by atoms with van der Waals surface area (Å²) in [4.78, 5) is 0. The van der Waals surface area contributed by atoms with Crippen LogP contribution in [-0.2, 0) is 18.9 Å². The summed E-state index contributed by atoms with van der Waals surface area (Å²) in [5.74, 6) is 2.04. The summed E-state index contributed by atoms with van der Waals surface area (Å²) >= 11 is 0. The number of rotatable bonds is 5. The third-order valence-electron chi connectivity index (χ3n) is 5.80. The predicted molar refractivity (Wildman–Crippen MR) is 111 cm³/mol. The Labute approximate surface area is 178 Å². The molecule has 30 heavy (non-hydrogen) atoms. The second kappa shape index (κ2) is 9.35. The quantitative estimate of drug-likeness (QED) is 0.718. The Balaban J connectivity index is 1.49. The van der Waals surface area contributed by atoms with E-state index in [9.17, 15) is 0 Å². The molecule has 0 radical (unpaired) electrons. The van der Waals surface area contributed by atoms with E-state index in [2.05, 4.69) is 13.8 Å². The summed E-state index contributed by atoms with van der Waals surface area (Å²) < 4.78 is 35.3. The predicted octanol–water partition coefficient (Wildman–Crippen LogP) is 4.50. The molecule has 0 saturated carbocycles. The Bertz CT molecular complexity index is 736. The fraction of sp³-hybridized carbons (Fsp3) is 0.500. The van der Waals surface area contributed by atoms with E-state index < -0.39 is 12.6 Å². The zero-order chi connectivity index (χ0) is 21.1. The first kappa shape index (κ1) is 21.1. The number of hydrogen-bond donors (Lipinski definition) is 0. The highest BCUT2D eigenvalue weighted by molar-refractivity contribution is 5.29. The average molecular weight is 414 g/mol. The van der Waals surface area contributed by atoms with Gasteiger partial charge in [-0.1, -0.05) is 38.1 Å². The summed E-state index contributed by atoms with van der Waals surface area (Å²) in [6.45, 7) is 5.51. The van der Waals surface area contributed by atoms with Crippen LogP contribution in [0.25, 0.3) is 0 Å². The van der Waals surface area contributed by atoms with Crippen LogP contribution in [0.15, 0.2) is 48.5 Å². The molecule has 4 rings (SSSR count). The molecule has 2 aliphatic heterocycles. The molecule has 6 heteroatoms. The van der Waals surface area contributed by atoms with Gasteiger partial charge in [0.25, 0.3) is 0 Å². The second-order valence-electron chi connectivity index (χ2n) is 8.03. The molecule has 0 N–H and O–H groups in total. The lowest BCUT2D eigenvalue weighted by Crippen LogP contribution is -2.50. The summed E-state index contributed by atoms with van der Waals surface area (Å²) in [5.41, 5.74) is 1.94. The third-order valence-corrected chi connectivity index (χ3v) is 5.80. The van der Waals surface area contributed by atoms with E-state index in [1.54, 1.807) is 14.2 Å². The SMILES string of the molecule is COc1ccc([C@H]2OC[C@H](C)[C@@H]([C@H]3O[C@@H](c4ccc(OC)cc4)OC[C@@H]3C)O2)cc1. The van der Waals surface area contributed by atoms with Crippen molar-refractivity contribution in [1.82, 2.24) is 0 Å². The first-order valence-electron chi connectivity index (χ1n) is 10.4. The normalized spacial score (nSPS) is 31.9. The van der Waals surface area contributed by atoms with Crippen molar-refractivity contribution in [3.8, 4) is 11.5 Å². The Hall–Kier alpha value is -2.12. The number of benzene rings is 2. The van der Waals surface area contributed by atoms with Crippen molar-refractivity contribution in [3.05, 3.63) is 59.7 Å². The van der Waals surface area contributed by atoms with E-state index in [4.69, 9.17) is 28.4 Å². The zero-order valence-corrected chi connectivity index (χ0v) is 17.9. The molecular weight excluding hydrogens is 384 g/mol. The van der Waals surface area contributed by atoms with Gasteiger partial charge in [0.2, 0.25) is 0 Å². The monoisotopic (exact) mass is 414 g/mol.